The summed E-state index contributed by atoms with van der Waals surface area (Å²) in [5, 5.41) is 4.19. The quantitative estimate of drug-likeness (QED) is 0.549. The average molecular weight is 396 g/mol. The predicted octanol–water partition coefficient (Wildman–Crippen LogP) is 2.45. The van der Waals surface area contributed by atoms with Crippen LogP contribution in [-0.2, 0) is 9.53 Å². The SMILES string of the molecule is CCN(CC)c1ccc(C=NNC(=O)C(c2ccncc2)N2CCOCC2)cc1. The number of aromatic nitrogens is 1. The molecule has 1 aromatic carbocycles. The van der Waals surface area contributed by atoms with Gasteiger partial charge < -0.3 is 9.64 Å². The number of hydrogen-bond donors (Lipinski definition) is 1. The van der Waals surface area contributed by atoms with Crippen molar-refractivity contribution in [3.05, 3.63) is 59.9 Å². The van der Waals surface area contributed by atoms with Gasteiger partial charge in [0.2, 0.25) is 0 Å². The van der Waals surface area contributed by atoms with Crippen LogP contribution >= 0.6 is 0 Å². The van der Waals surface area contributed by atoms with E-state index in [1.807, 2.05) is 24.3 Å². The molecule has 1 amide bonds. The highest BCUT2D eigenvalue weighted by Gasteiger charge is 2.28. The summed E-state index contributed by atoms with van der Waals surface area (Å²) in [4.78, 5) is 21.4. The van der Waals surface area contributed by atoms with Gasteiger partial charge in [-0.1, -0.05) is 12.1 Å². The smallest absolute Gasteiger partial charge is 0.262 e. The number of morpholine rings is 1. The number of anilines is 1. The molecule has 0 bridgehead atoms. The van der Waals surface area contributed by atoms with Crippen LogP contribution in [0.4, 0.5) is 5.69 Å². The lowest BCUT2D eigenvalue weighted by Crippen LogP contribution is -2.44. The van der Waals surface area contributed by atoms with E-state index in [2.05, 4.69) is 51.3 Å². The third kappa shape index (κ3) is 5.62. The van der Waals surface area contributed by atoms with Crippen LogP contribution in [0.3, 0.4) is 0 Å². The minimum atomic E-state index is -0.413. The van der Waals surface area contributed by atoms with Gasteiger partial charge in [0.15, 0.2) is 0 Å². The van der Waals surface area contributed by atoms with Crippen molar-refractivity contribution >= 4 is 17.8 Å². The van der Waals surface area contributed by atoms with E-state index in [-0.39, 0.29) is 5.91 Å². The Balaban J connectivity index is 1.66. The summed E-state index contributed by atoms with van der Waals surface area (Å²) in [5.74, 6) is -0.158. The lowest BCUT2D eigenvalue weighted by atomic mass is 10.1. The molecule has 7 heteroatoms. The molecular formula is C22H29N5O2. The van der Waals surface area contributed by atoms with Crippen LogP contribution in [0, 0.1) is 0 Å². The van der Waals surface area contributed by atoms with Crippen molar-refractivity contribution < 1.29 is 9.53 Å². The van der Waals surface area contributed by atoms with E-state index < -0.39 is 6.04 Å². The average Bonchev–Trinajstić information content (AvgIpc) is 2.77. The summed E-state index contributed by atoms with van der Waals surface area (Å²) in [7, 11) is 0. The van der Waals surface area contributed by atoms with Crippen LogP contribution in [0.1, 0.15) is 31.0 Å². The summed E-state index contributed by atoms with van der Waals surface area (Å²) in [5.41, 5.74) is 5.72. The highest BCUT2D eigenvalue weighted by molar-refractivity contribution is 5.86. The Bertz CT molecular complexity index is 785. The second-order valence-electron chi connectivity index (χ2n) is 6.83. The standard InChI is InChI=1S/C22H29N5O2/c1-3-26(4-2)20-7-5-18(6-8-20)17-24-25-22(28)21(19-9-11-23-12-10-19)27-13-15-29-16-14-27/h5-12,17,21H,3-4,13-16H2,1-2H3,(H,25,28). The largest absolute Gasteiger partial charge is 0.379 e. The number of amides is 1. The van der Waals surface area contributed by atoms with Gasteiger partial charge in [-0.3, -0.25) is 14.7 Å². The monoisotopic (exact) mass is 395 g/mol. The molecule has 0 radical (unpaired) electrons. The summed E-state index contributed by atoms with van der Waals surface area (Å²) >= 11 is 0. The van der Waals surface area contributed by atoms with Gasteiger partial charge in [0.05, 0.1) is 19.4 Å². The summed E-state index contributed by atoms with van der Waals surface area (Å²) < 4.78 is 5.43. The van der Waals surface area contributed by atoms with E-state index in [9.17, 15) is 4.79 Å². The number of nitrogens with one attached hydrogen (secondary N) is 1. The Morgan fingerprint density at radius 1 is 1.17 bits per heavy atom. The van der Waals surface area contributed by atoms with Gasteiger partial charge in [-0.25, -0.2) is 5.43 Å². The van der Waals surface area contributed by atoms with Gasteiger partial charge >= 0.3 is 0 Å². The van der Waals surface area contributed by atoms with E-state index in [1.165, 1.54) is 5.69 Å². The third-order valence-corrected chi connectivity index (χ3v) is 5.09. The third-order valence-electron chi connectivity index (χ3n) is 5.09. The van der Waals surface area contributed by atoms with Crippen LogP contribution in [0.5, 0.6) is 0 Å². The number of rotatable bonds is 8. The summed E-state index contributed by atoms with van der Waals surface area (Å²) in [6.07, 6.45) is 5.08. The minimum Gasteiger partial charge on any atom is -0.379 e. The second kappa shape index (κ2) is 10.7. The molecule has 1 atom stereocenters. The number of carbonyl (C=O) groups is 1. The van der Waals surface area contributed by atoms with Crippen LogP contribution < -0.4 is 10.3 Å². The number of carbonyl (C=O) groups excluding carboxylic acids is 1. The molecular weight excluding hydrogens is 366 g/mol. The molecule has 29 heavy (non-hydrogen) atoms. The van der Waals surface area contributed by atoms with Gasteiger partial charge in [-0.15, -0.1) is 0 Å². The van der Waals surface area contributed by atoms with Crippen LogP contribution in [-0.4, -0.2) is 61.4 Å². The summed E-state index contributed by atoms with van der Waals surface area (Å²) in [6.45, 7) is 8.88. The topological polar surface area (TPSA) is 70.1 Å². The Labute approximate surface area is 172 Å². The van der Waals surface area contributed by atoms with Crippen molar-refractivity contribution in [2.45, 2.75) is 19.9 Å². The van der Waals surface area contributed by atoms with Gasteiger partial charge in [0.25, 0.3) is 5.91 Å². The number of pyridine rings is 1. The molecule has 3 rings (SSSR count). The van der Waals surface area contributed by atoms with E-state index in [1.54, 1.807) is 18.6 Å². The Kier molecular flexibility index (Phi) is 7.72. The molecule has 1 aliphatic rings. The normalized spacial score (nSPS) is 15.9. The molecule has 1 N–H and O–H groups in total. The van der Waals surface area contributed by atoms with Crippen molar-refractivity contribution in [1.82, 2.24) is 15.3 Å². The fraction of sp³-hybridized carbons (Fsp3) is 0.409. The fourth-order valence-electron chi connectivity index (χ4n) is 3.50. The van der Waals surface area contributed by atoms with E-state index >= 15 is 0 Å². The predicted molar refractivity (Wildman–Crippen MR) is 115 cm³/mol. The van der Waals surface area contributed by atoms with E-state index in [0.29, 0.717) is 26.3 Å². The Morgan fingerprint density at radius 2 is 1.83 bits per heavy atom. The lowest BCUT2D eigenvalue weighted by molar-refractivity contribution is -0.128. The maximum atomic E-state index is 12.9. The first kappa shape index (κ1) is 21.0. The highest BCUT2D eigenvalue weighted by atomic mass is 16.5. The van der Waals surface area contributed by atoms with Gasteiger partial charge in [0.1, 0.15) is 6.04 Å². The van der Waals surface area contributed by atoms with Crippen molar-refractivity contribution in [2.24, 2.45) is 5.10 Å². The molecule has 154 valence electrons. The van der Waals surface area contributed by atoms with Crippen LogP contribution in [0.2, 0.25) is 0 Å². The first-order chi connectivity index (χ1) is 14.2. The molecule has 1 aliphatic heterocycles. The highest BCUT2D eigenvalue weighted by Crippen LogP contribution is 2.21. The number of hydrogen-bond acceptors (Lipinski definition) is 6. The maximum Gasteiger partial charge on any atom is 0.262 e. The Hall–Kier alpha value is -2.77. The van der Waals surface area contributed by atoms with Gasteiger partial charge in [0, 0.05) is 44.3 Å². The zero-order chi connectivity index (χ0) is 20.5. The Morgan fingerprint density at radius 3 is 2.45 bits per heavy atom. The van der Waals surface area contributed by atoms with E-state index in [0.717, 1.165) is 24.2 Å². The number of ether oxygens (including phenoxy) is 1. The zero-order valence-electron chi connectivity index (χ0n) is 17.1. The van der Waals surface area contributed by atoms with Gasteiger partial charge in [-0.05, 0) is 49.2 Å². The van der Waals surface area contributed by atoms with Crippen molar-refractivity contribution in [1.29, 1.82) is 0 Å². The molecule has 1 aromatic heterocycles. The molecule has 1 fully saturated rings. The number of hydrazone groups is 1. The first-order valence-electron chi connectivity index (χ1n) is 10.1. The minimum absolute atomic E-state index is 0.158. The number of benzene rings is 1. The molecule has 2 heterocycles. The molecule has 1 unspecified atom stereocenters. The van der Waals surface area contributed by atoms with Crippen LogP contribution in [0.15, 0.2) is 53.9 Å². The number of nitrogens with zero attached hydrogens (tertiary/aromatic N) is 4. The first-order valence-corrected chi connectivity index (χ1v) is 10.1. The molecule has 0 saturated carbocycles. The van der Waals surface area contributed by atoms with Crippen LogP contribution in [0.25, 0.3) is 0 Å². The second-order valence-corrected chi connectivity index (χ2v) is 6.83. The van der Waals surface area contributed by atoms with Crippen molar-refractivity contribution in [2.75, 3.05) is 44.3 Å². The fourth-order valence-corrected chi connectivity index (χ4v) is 3.50. The molecule has 0 spiro atoms. The summed E-state index contributed by atoms with van der Waals surface area (Å²) in [6, 6.07) is 11.5. The molecule has 1 saturated heterocycles. The van der Waals surface area contributed by atoms with E-state index in [4.69, 9.17) is 4.74 Å². The molecule has 2 aromatic rings. The molecule has 7 nitrogen and oxygen atoms in total. The lowest BCUT2D eigenvalue weighted by Gasteiger charge is -2.33. The zero-order valence-corrected chi connectivity index (χ0v) is 17.1. The van der Waals surface area contributed by atoms with Crippen molar-refractivity contribution in [3.8, 4) is 0 Å². The molecule has 0 aliphatic carbocycles. The van der Waals surface area contributed by atoms with Crippen molar-refractivity contribution in [3.63, 3.8) is 0 Å². The maximum absolute atomic E-state index is 12.9. The van der Waals surface area contributed by atoms with Gasteiger partial charge in [-0.2, -0.15) is 5.10 Å².